The maximum absolute atomic E-state index is 2.39. The van der Waals surface area contributed by atoms with E-state index in [4.69, 9.17) is 0 Å². The van der Waals surface area contributed by atoms with Gasteiger partial charge >= 0.3 is 0 Å². The normalized spacial score (nSPS) is 11.0. The Hall–Kier alpha value is -5.40. The Bertz CT molecular complexity index is 1850. The summed E-state index contributed by atoms with van der Waals surface area (Å²) >= 11 is 0. The predicted molar refractivity (Wildman–Crippen MR) is 180 cm³/mol. The van der Waals surface area contributed by atoms with Crippen molar-refractivity contribution in [2.45, 2.75) is 6.92 Å². The van der Waals surface area contributed by atoms with Crippen molar-refractivity contribution in [1.82, 2.24) is 0 Å². The van der Waals surface area contributed by atoms with Gasteiger partial charge in [-0.1, -0.05) is 145 Å². The lowest BCUT2D eigenvalue weighted by Gasteiger charge is -2.28. The van der Waals surface area contributed by atoms with Gasteiger partial charge in [-0.3, -0.25) is 0 Å². The molecule has 1 heteroatoms. The second kappa shape index (κ2) is 11.2. The molecule has 0 amide bonds. The average molecular weight is 538 g/mol. The minimum Gasteiger partial charge on any atom is -0.310 e. The number of benzene rings is 7. The van der Waals surface area contributed by atoms with Gasteiger partial charge in [0.15, 0.2) is 0 Å². The minimum absolute atomic E-state index is 1.12. The van der Waals surface area contributed by atoms with E-state index in [-0.39, 0.29) is 0 Å². The number of rotatable bonds is 6. The summed E-state index contributed by atoms with van der Waals surface area (Å²) in [6.07, 6.45) is 0. The Morgan fingerprint density at radius 2 is 0.810 bits per heavy atom. The molecular formula is C41H31N. The van der Waals surface area contributed by atoms with Crippen LogP contribution in [0, 0.1) is 6.92 Å². The van der Waals surface area contributed by atoms with Gasteiger partial charge in [-0.15, -0.1) is 0 Å². The van der Waals surface area contributed by atoms with Crippen LogP contribution in [-0.2, 0) is 0 Å². The van der Waals surface area contributed by atoms with Gasteiger partial charge < -0.3 is 4.90 Å². The second-order valence-corrected chi connectivity index (χ2v) is 10.7. The fourth-order valence-corrected chi connectivity index (χ4v) is 5.78. The van der Waals surface area contributed by atoms with E-state index in [9.17, 15) is 0 Å². The zero-order valence-electron chi connectivity index (χ0n) is 23.6. The Morgan fingerprint density at radius 1 is 0.357 bits per heavy atom. The van der Waals surface area contributed by atoms with Crippen molar-refractivity contribution >= 4 is 27.8 Å². The second-order valence-electron chi connectivity index (χ2n) is 10.7. The molecule has 0 saturated carbocycles. The van der Waals surface area contributed by atoms with E-state index in [2.05, 4.69) is 182 Å². The van der Waals surface area contributed by atoms with Crippen LogP contribution in [-0.4, -0.2) is 0 Å². The highest BCUT2D eigenvalue weighted by atomic mass is 15.1. The summed E-state index contributed by atoms with van der Waals surface area (Å²) in [7, 11) is 0. The zero-order valence-corrected chi connectivity index (χ0v) is 23.6. The number of aryl methyl sites for hydroxylation is 1. The molecule has 0 bridgehead atoms. The van der Waals surface area contributed by atoms with Gasteiger partial charge in [-0.25, -0.2) is 0 Å². The van der Waals surface area contributed by atoms with Gasteiger partial charge in [0.05, 0.1) is 5.69 Å². The smallest absolute Gasteiger partial charge is 0.0546 e. The van der Waals surface area contributed by atoms with Crippen molar-refractivity contribution in [3.8, 4) is 33.4 Å². The zero-order chi connectivity index (χ0) is 28.3. The molecule has 0 fully saturated rings. The first-order valence-electron chi connectivity index (χ1n) is 14.4. The summed E-state index contributed by atoms with van der Waals surface area (Å²) in [5.74, 6) is 0. The predicted octanol–water partition coefficient (Wildman–Crippen LogP) is 11.6. The van der Waals surface area contributed by atoms with E-state index in [1.165, 1.54) is 49.7 Å². The van der Waals surface area contributed by atoms with Gasteiger partial charge in [0.2, 0.25) is 0 Å². The Labute approximate surface area is 248 Å². The summed E-state index contributed by atoms with van der Waals surface area (Å²) < 4.78 is 0. The summed E-state index contributed by atoms with van der Waals surface area (Å²) in [5.41, 5.74) is 12.0. The van der Waals surface area contributed by atoms with E-state index in [0.717, 1.165) is 17.1 Å². The van der Waals surface area contributed by atoms with Gasteiger partial charge in [-0.2, -0.15) is 0 Å². The third-order valence-corrected chi connectivity index (χ3v) is 7.95. The van der Waals surface area contributed by atoms with E-state index in [1.807, 2.05) is 0 Å². The number of fused-ring (bicyclic) bond motifs is 1. The molecule has 200 valence electrons. The SMILES string of the molecule is Cc1ccc(-c2cccc3cccc(N(c4ccc(-c5ccccc5)cc4)c4ccc(-c5ccccc5)cc4)c23)cc1. The van der Waals surface area contributed by atoms with Crippen LogP contribution in [0.2, 0.25) is 0 Å². The number of nitrogens with zero attached hydrogens (tertiary/aromatic N) is 1. The number of anilines is 3. The van der Waals surface area contributed by atoms with Crippen LogP contribution in [0.25, 0.3) is 44.2 Å². The van der Waals surface area contributed by atoms with Crippen LogP contribution in [0.5, 0.6) is 0 Å². The van der Waals surface area contributed by atoms with E-state index in [0.29, 0.717) is 0 Å². The van der Waals surface area contributed by atoms with E-state index >= 15 is 0 Å². The molecule has 0 saturated heterocycles. The first-order chi connectivity index (χ1) is 20.7. The van der Waals surface area contributed by atoms with E-state index < -0.39 is 0 Å². The molecule has 7 aromatic carbocycles. The lowest BCUT2D eigenvalue weighted by molar-refractivity contribution is 1.30. The van der Waals surface area contributed by atoms with Crippen LogP contribution >= 0.6 is 0 Å². The molecule has 7 rings (SSSR count). The maximum atomic E-state index is 2.39. The maximum Gasteiger partial charge on any atom is 0.0546 e. The molecular weight excluding hydrogens is 506 g/mol. The molecule has 0 unspecified atom stereocenters. The van der Waals surface area contributed by atoms with Crippen molar-refractivity contribution < 1.29 is 0 Å². The van der Waals surface area contributed by atoms with Crippen molar-refractivity contribution in [2.75, 3.05) is 4.90 Å². The van der Waals surface area contributed by atoms with Crippen molar-refractivity contribution in [1.29, 1.82) is 0 Å². The largest absolute Gasteiger partial charge is 0.310 e. The fourth-order valence-electron chi connectivity index (χ4n) is 5.78. The monoisotopic (exact) mass is 537 g/mol. The number of hydrogen-bond acceptors (Lipinski definition) is 1. The molecule has 0 spiro atoms. The topological polar surface area (TPSA) is 3.24 Å². The van der Waals surface area contributed by atoms with Crippen molar-refractivity contribution in [3.05, 3.63) is 175 Å². The van der Waals surface area contributed by atoms with Crippen LogP contribution < -0.4 is 4.90 Å². The molecule has 0 aliphatic carbocycles. The third kappa shape index (κ3) is 4.98. The Balaban J connectivity index is 1.41. The lowest BCUT2D eigenvalue weighted by atomic mass is 9.95. The van der Waals surface area contributed by atoms with Gasteiger partial charge in [-0.05, 0) is 76.0 Å². The van der Waals surface area contributed by atoms with Crippen LogP contribution in [0.15, 0.2) is 170 Å². The fraction of sp³-hybridized carbons (Fsp3) is 0.0244. The van der Waals surface area contributed by atoms with Crippen LogP contribution in [0.1, 0.15) is 5.56 Å². The summed E-state index contributed by atoms with van der Waals surface area (Å²) in [6.45, 7) is 2.14. The molecule has 42 heavy (non-hydrogen) atoms. The standard InChI is InChI=1S/C41H31N/c1-30-18-20-35(21-19-30)39-16-8-14-36-15-9-17-40(41(36)39)42(37-26-22-33(23-27-37)31-10-4-2-5-11-31)38-28-24-34(25-29-38)32-12-6-3-7-13-32/h2-29H,1H3. The van der Waals surface area contributed by atoms with Gasteiger partial charge in [0.25, 0.3) is 0 Å². The summed E-state index contributed by atoms with van der Waals surface area (Å²) in [6, 6.07) is 61.1. The Kier molecular flexibility index (Phi) is 6.84. The third-order valence-electron chi connectivity index (χ3n) is 7.95. The quantitative estimate of drug-likeness (QED) is 0.204. The van der Waals surface area contributed by atoms with Crippen molar-refractivity contribution in [3.63, 3.8) is 0 Å². The first-order valence-corrected chi connectivity index (χ1v) is 14.4. The van der Waals surface area contributed by atoms with E-state index in [1.54, 1.807) is 0 Å². The summed E-state index contributed by atoms with van der Waals surface area (Å²) in [5, 5.41) is 2.46. The molecule has 7 aromatic rings. The van der Waals surface area contributed by atoms with Crippen LogP contribution in [0.3, 0.4) is 0 Å². The molecule has 0 aromatic heterocycles. The molecule has 0 atom stereocenters. The molecule has 0 radical (unpaired) electrons. The minimum atomic E-state index is 1.12. The molecule has 1 nitrogen and oxygen atoms in total. The van der Waals surface area contributed by atoms with Gasteiger partial charge in [0.1, 0.15) is 0 Å². The van der Waals surface area contributed by atoms with Crippen LogP contribution in [0.4, 0.5) is 17.1 Å². The highest BCUT2D eigenvalue weighted by Gasteiger charge is 2.18. The molecule has 0 aliphatic heterocycles. The number of hydrogen-bond donors (Lipinski definition) is 0. The highest BCUT2D eigenvalue weighted by Crippen LogP contribution is 2.43. The highest BCUT2D eigenvalue weighted by molar-refractivity contribution is 6.07. The molecule has 0 N–H and O–H groups in total. The molecule has 0 aliphatic rings. The van der Waals surface area contributed by atoms with Crippen molar-refractivity contribution in [2.24, 2.45) is 0 Å². The van der Waals surface area contributed by atoms with Gasteiger partial charge in [0, 0.05) is 16.8 Å². The Morgan fingerprint density at radius 3 is 1.33 bits per heavy atom. The first kappa shape index (κ1) is 25.6. The summed E-state index contributed by atoms with van der Waals surface area (Å²) in [4.78, 5) is 2.39. The average Bonchev–Trinajstić information content (AvgIpc) is 3.06. The lowest BCUT2D eigenvalue weighted by Crippen LogP contribution is -2.10. The molecule has 0 heterocycles.